The zero-order chi connectivity index (χ0) is 15.9. The molecule has 0 heterocycles. The van der Waals surface area contributed by atoms with Crippen LogP contribution in [0.25, 0.3) is 0 Å². The van der Waals surface area contributed by atoms with E-state index < -0.39 is 11.5 Å². The first-order valence-electron chi connectivity index (χ1n) is 7.64. The molecule has 0 aliphatic rings. The van der Waals surface area contributed by atoms with E-state index >= 15 is 0 Å². The summed E-state index contributed by atoms with van der Waals surface area (Å²) in [6.07, 6.45) is 1.53. The smallest absolute Gasteiger partial charge is 0.323 e. The molecule has 4 heteroatoms. The Morgan fingerprint density at radius 2 is 1.95 bits per heavy atom. The summed E-state index contributed by atoms with van der Waals surface area (Å²) in [6, 6.07) is 8.05. The Morgan fingerprint density at radius 3 is 2.43 bits per heavy atom. The Hall–Kier alpha value is -1.55. The van der Waals surface area contributed by atoms with Crippen LogP contribution in [0.15, 0.2) is 24.3 Å². The normalized spacial score (nSPS) is 15.2. The van der Waals surface area contributed by atoms with E-state index in [4.69, 9.17) is 4.74 Å². The third kappa shape index (κ3) is 5.05. The number of benzene rings is 1. The maximum atomic E-state index is 11.3. The van der Waals surface area contributed by atoms with Crippen LogP contribution in [-0.4, -0.2) is 29.8 Å². The molecule has 1 aromatic rings. The summed E-state index contributed by atoms with van der Waals surface area (Å²) >= 11 is 0. The van der Waals surface area contributed by atoms with Crippen LogP contribution in [0.1, 0.15) is 52.0 Å². The number of carbonyl (C=O) groups is 1. The summed E-state index contributed by atoms with van der Waals surface area (Å²) in [7, 11) is 0. The van der Waals surface area contributed by atoms with E-state index in [1.54, 1.807) is 6.92 Å². The zero-order valence-electron chi connectivity index (χ0n) is 13.5. The lowest BCUT2D eigenvalue weighted by atomic mass is 9.98. The van der Waals surface area contributed by atoms with Crippen LogP contribution >= 0.6 is 0 Å². The van der Waals surface area contributed by atoms with Crippen LogP contribution in [0.5, 0.6) is 5.75 Å². The van der Waals surface area contributed by atoms with Gasteiger partial charge in [-0.15, -0.1) is 0 Å². The number of hydrogen-bond donors (Lipinski definition) is 2. The van der Waals surface area contributed by atoms with E-state index in [1.165, 1.54) is 5.56 Å². The van der Waals surface area contributed by atoms with Gasteiger partial charge in [0.2, 0.25) is 0 Å². The second kappa shape index (κ2) is 8.03. The van der Waals surface area contributed by atoms with Gasteiger partial charge >= 0.3 is 5.97 Å². The molecule has 4 nitrogen and oxygen atoms in total. The lowest BCUT2D eigenvalue weighted by molar-refractivity contribution is -0.144. The number of aliphatic carboxylic acids is 1. The van der Waals surface area contributed by atoms with Crippen molar-refractivity contribution in [3.63, 3.8) is 0 Å². The monoisotopic (exact) mass is 293 g/mol. The van der Waals surface area contributed by atoms with Crippen molar-refractivity contribution in [3.8, 4) is 5.75 Å². The molecule has 0 spiro atoms. The average molecular weight is 293 g/mol. The van der Waals surface area contributed by atoms with Gasteiger partial charge in [-0.2, -0.15) is 0 Å². The number of carboxylic acids is 1. The standard InChI is InChI=1S/C17H27NO3/c1-5-13(3)14-7-9-15(10-8-14)21-12-11-17(4,16(19)20)18-6-2/h7-10,13,18H,5-6,11-12H2,1-4H3,(H,19,20). The summed E-state index contributed by atoms with van der Waals surface area (Å²) in [5.41, 5.74) is 0.360. The van der Waals surface area contributed by atoms with Gasteiger partial charge in [-0.05, 0) is 43.5 Å². The van der Waals surface area contributed by atoms with E-state index in [0.717, 1.165) is 12.2 Å². The van der Waals surface area contributed by atoms with Gasteiger partial charge in [0.25, 0.3) is 0 Å². The van der Waals surface area contributed by atoms with Gasteiger partial charge in [-0.25, -0.2) is 0 Å². The SMILES string of the molecule is CCNC(C)(CCOc1ccc(C(C)CC)cc1)C(=O)O. The van der Waals surface area contributed by atoms with Crippen molar-refractivity contribution in [1.29, 1.82) is 0 Å². The Kier molecular flexibility index (Phi) is 6.69. The molecule has 1 rings (SSSR count). The second-order valence-corrected chi connectivity index (χ2v) is 5.64. The molecule has 0 bridgehead atoms. The van der Waals surface area contributed by atoms with Crippen molar-refractivity contribution in [2.24, 2.45) is 0 Å². The molecule has 1 aromatic carbocycles. The van der Waals surface area contributed by atoms with Crippen molar-refractivity contribution in [3.05, 3.63) is 29.8 Å². The van der Waals surface area contributed by atoms with E-state index in [-0.39, 0.29) is 0 Å². The molecule has 0 saturated heterocycles. The van der Waals surface area contributed by atoms with Crippen LogP contribution in [0, 0.1) is 0 Å². The number of carboxylic acid groups (broad SMARTS) is 1. The molecular weight excluding hydrogens is 266 g/mol. The van der Waals surface area contributed by atoms with Gasteiger partial charge in [0.1, 0.15) is 11.3 Å². The predicted molar refractivity (Wildman–Crippen MR) is 85.0 cm³/mol. The third-order valence-corrected chi connectivity index (χ3v) is 3.97. The fourth-order valence-electron chi connectivity index (χ4n) is 2.16. The Balaban J connectivity index is 2.53. The minimum absolute atomic E-state index is 0.373. The van der Waals surface area contributed by atoms with Crippen molar-refractivity contribution in [2.75, 3.05) is 13.2 Å². The maximum Gasteiger partial charge on any atom is 0.323 e. The summed E-state index contributed by atoms with van der Waals surface area (Å²) in [4.78, 5) is 11.3. The largest absolute Gasteiger partial charge is 0.494 e. The molecule has 0 aliphatic heterocycles. The van der Waals surface area contributed by atoms with Gasteiger partial charge in [-0.1, -0.05) is 32.9 Å². The zero-order valence-corrected chi connectivity index (χ0v) is 13.5. The first-order chi connectivity index (χ1) is 9.92. The van der Waals surface area contributed by atoms with Crippen molar-refractivity contribution >= 4 is 5.97 Å². The van der Waals surface area contributed by atoms with Crippen LogP contribution < -0.4 is 10.1 Å². The number of ether oxygens (including phenoxy) is 1. The molecular formula is C17H27NO3. The molecule has 0 fully saturated rings. The Bertz CT molecular complexity index is 444. The topological polar surface area (TPSA) is 58.6 Å². The highest BCUT2D eigenvalue weighted by molar-refractivity contribution is 5.78. The number of hydrogen-bond acceptors (Lipinski definition) is 3. The van der Waals surface area contributed by atoms with Crippen LogP contribution in [-0.2, 0) is 4.79 Å². The molecule has 0 aromatic heterocycles. The fourth-order valence-corrected chi connectivity index (χ4v) is 2.16. The van der Waals surface area contributed by atoms with Gasteiger partial charge in [0.05, 0.1) is 6.61 Å². The predicted octanol–water partition coefficient (Wildman–Crippen LogP) is 3.42. The lowest BCUT2D eigenvalue weighted by Crippen LogP contribution is -2.50. The van der Waals surface area contributed by atoms with Crippen LogP contribution in [0.3, 0.4) is 0 Å². The quantitative estimate of drug-likeness (QED) is 0.732. The van der Waals surface area contributed by atoms with Crippen molar-refractivity contribution in [1.82, 2.24) is 5.32 Å². The van der Waals surface area contributed by atoms with Crippen molar-refractivity contribution in [2.45, 2.75) is 52.0 Å². The van der Waals surface area contributed by atoms with Crippen molar-refractivity contribution < 1.29 is 14.6 Å². The maximum absolute atomic E-state index is 11.3. The van der Waals surface area contributed by atoms with Gasteiger partial charge in [-0.3, -0.25) is 4.79 Å². The lowest BCUT2D eigenvalue weighted by Gasteiger charge is -2.25. The molecule has 0 aliphatic carbocycles. The summed E-state index contributed by atoms with van der Waals surface area (Å²) in [5.74, 6) is 0.481. The molecule has 2 atom stereocenters. The molecule has 2 N–H and O–H groups in total. The number of rotatable bonds is 9. The van der Waals surface area contributed by atoms with E-state index in [2.05, 4.69) is 31.3 Å². The molecule has 0 radical (unpaired) electrons. The van der Waals surface area contributed by atoms with Gasteiger partial charge in [0, 0.05) is 6.42 Å². The molecule has 2 unspecified atom stereocenters. The van der Waals surface area contributed by atoms with E-state index in [1.807, 2.05) is 19.1 Å². The first kappa shape index (κ1) is 17.5. The van der Waals surface area contributed by atoms with Gasteiger partial charge in [0.15, 0.2) is 0 Å². The molecule has 118 valence electrons. The Labute approximate surface area is 127 Å². The minimum Gasteiger partial charge on any atom is -0.494 e. The highest BCUT2D eigenvalue weighted by Crippen LogP contribution is 2.22. The summed E-state index contributed by atoms with van der Waals surface area (Å²) < 4.78 is 5.66. The third-order valence-electron chi connectivity index (χ3n) is 3.97. The number of likely N-dealkylation sites (N-methyl/N-ethyl adjacent to an activating group) is 1. The van der Waals surface area contributed by atoms with Crippen LogP contribution in [0.4, 0.5) is 0 Å². The second-order valence-electron chi connectivity index (χ2n) is 5.64. The summed E-state index contributed by atoms with van der Waals surface area (Å²) in [6.45, 7) is 8.95. The number of nitrogens with one attached hydrogen (secondary N) is 1. The first-order valence-corrected chi connectivity index (χ1v) is 7.64. The molecule has 21 heavy (non-hydrogen) atoms. The molecule has 0 amide bonds. The Morgan fingerprint density at radius 1 is 1.33 bits per heavy atom. The highest BCUT2D eigenvalue weighted by atomic mass is 16.5. The minimum atomic E-state index is -0.939. The molecule has 0 saturated carbocycles. The average Bonchev–Trinajstić information content (AvgIpc) is 2.47. The van der Waals surface area contributed by atoms with E-state index in [0.29, 0.717) is 25.5 Å². The summed E-state index contributed by atoms with van der Waals surface area (Å²) in [5, 5.41) is 12.3. The van der Waals surface area contributed by atoms with Gasteiger partial charge < -0.3 is 15.2 Å². The van der Waals surface area contributed by atoms with E-state index in [9.17, 15) is 9.90 Å². The van der Waals surface area contributed by atoms with Crippen LogP contribution in [0.2, 0.25) is 0 Å². The highest BCUT2D eigenvalue weighted by Gasteiger charge is 2.31. The fraction of sp³-hybridized carbons (Fsp3) is 0.588.